The lowest BCUT2D eigenvalue weighted by Gasteiger charge is -2.16. The molecule has 1 saturated carbocycles. The topological polar surface area (TPSA) is 42.0 Å². The lowest BCUT2D eigenvalue weighted by molar-refractivity contribution is 0.0939. The molecule has 0 radical (unpaired) electrons. The minimum Gasteiger partial charge on any atom is -0.349 e. The smallest absolute Gasteiger partial charge is 0.253 e. The van der Waals surface area contributed by atoms with Crippen molar-refractivity contribution in [1.82, 2.24) is 10.3 Å². The van der Waals surface area contributed by atoms with E-state index in [0.29, 0.717) is 12.0 Å². The Kier molecular flexibility index (Phi) is 4.65. The number of rotatable bonds is 4. The first kappa shape index (κ1) is 16.0. The van der Waals surface area contributed by atoms with E-state index in [2.05, 4.69) is 43.2 Å². The lowest BCUT2D eigenvalue weighted by Crippen LogP contribution is -2.32. The van der Waals surface area contributed by atoms with Crippen LogP contribution in [0.15, 0.2) is 24.4 Å². The minimum atomic E-state index is 0.0330. The van der Waals surface area contributed by atoms with Gasteiger partial charge >= 0.3 is 0 Å². The maximum absolute atomic E-state index is 12.8. The Bertz CT molecular complexity index is 715. The summed E-state index contributed by atoms with van der Waals surface area (Å²) >= 11 is 0. The number of hydrogen-bond acceptors (Lipinski definition) is 2. The molecule has 1 heterocycles. The maximum atomic E-state index is 12.8. The van der Waals surface area contributed by atoms with Gasteiger partial charge in [0.1, 0.15) is 0 Å². The van der Waals surface area contributed by atoms with Crippen molar-refractivity contribution < 1.29 is 4.79 Å². The van der Waals surface area contributed by atoms with E-state index in [-0.39, 0.29) is 5.91 Å². The molecule has 3 heteroatoms. The Hall–Kier alpha value is -1.90. The van der Waals surface area contributed by atoms with Gasteiger partial charge in [0.15, 0.2) is 0 Å². The fraction of sp³-hybridized carbons (Fsp3) is 0.500. The quantitative estimate of drug-likeness (QED) is 0.897. The molecule has 0 aliphatic heterocycles. The molecule has 1 fully saturated rings. The van der Waals surface area contributed by atoms with Gasteiger partial charge in [-0.15, -0.1) is 0 Å². The van der Waals surface area contributed by atoms with Crippen LogP contribution in [0.4, 0.5) is 0 Å². The minimum absolute atomic E-state index is 0.0330. The van der Waals surface area contributed by atoms with E-state index in [1.165, 1.54) is 24.0 Å². The normalized spacial score (nSPS) is 15.5. The Labute approximate surface area is 138 Å². The zero-order valence-electron chi connectivity index (χ0n) is 14.4. The molecule has 1 aliphatic rings. The van der Waals surface area contributed by atoms with Crippen molar-refractivity contribution >= 4 is 16.8 Å². The van der Waals surface area contributed by atoms with Gasteiger partial charge in [0.25, 0.3) is 5.91 Å². The number of carbonyl (C=O) groups is 1. The number of nitrogens with zero attached hydrogens (tertiary/aromatic N) is 1. The summed E-state index contributed by atoms with van der Waals surface area (Å²) in [5.74, 6) is 0.448. The molecule has 3 nitrogen and oxygen atoms in total. The highest BCUT2D eigenvalue weighted by atomic mass is 16.1. The second-order valence-corrected chi connectivity index (χ2v) is 6.90. The molecular formula is C20H26N2O. The van der Waals surface area contributed by atoms with Gasteiger partial charge in [-0.25, -0.2) is 0 Å². The van der Waals surface area contributed by atoms with Crippen LogP contribution in [0.5, 0.6) is 0 Å². The van der Waals surface area contributed by atoms with Crippen LogP contribution < -0.4 is 5.32 Å². The van der Waals surface area contributed by atoms with Crippen molar-refractivity contribution in [3.8, 4) is 0 Å². The molecule has 0 bridgehead atoms. The Balaban J connectivity index is 2.07. The van der Waals surface area contributed by atoms with Gasteiger partial charge in [-0.3, -0.25) is 9.78 Å². The summed E-state index contributed by atoms with van der Waals surface area (Å²) in [4.78, 5) is 17.3. The second kappa shape index (κ2) is 6.69. The van der Waals surface area contributed by atoms with Crippen LogP contribution in [0.1, 0.15) is 73.9 Å². The summed E-state index contributed by atoms with van der Waals surface area (Å²) in [5.41, 5.74) is 4.03. The highest BCUT2D eigenvalue weighted by Gasteiger charge is 2.21. The third-order valence-corrected chi connectivity index (χ3v) is 4.90. The molecule has 1 aromatic heterocycles. The summed E-state index contributed by atoms with van der Waals surface area (Å²) in [6, 6.07) is 6.62. The summed E-state index contributed by atoms with van der Waals surface area (Å²) in [6.07, 6.45) is 7.39. The number of nitrogens with one attached hydrogen (secondary N) is 1. The van der Waals surface area contributed by atoms with Crippen molar-refractivity contribution in [3.05, 3.63) is 41.1 Å². The fourth-order valence-corrected chi connectivity index (χ4v) is 3.55. The average Bonchev–Trinajstić information content (AvgIpc) is 3.05. The molecule has 23 heavy (non-hydrogen) atoms. The molecule has 122 valence electrons. The number of pyridine rings is 1. The molecule has 1 amide bonds. The predicted octanol–water partition coefficient (Wildman–Crippen LogP) is 4.59. The zero-order valence-corrected chi connectivity index (χ0v) is 14.4. The summed E-state index contributed by atoms with van der Waals surface area (Å²) < 4.78 is 0. The third-order valence-electron chi connectivity index (χ3n) is 4.90. The molecule has 1 N–H and O–H groups in total. The van der Waals surface area contributed by atoms with Crippen molar-refractivity contribution in [1.29, 1.82) is 0 Å². The van der Waals surface area contributed by atoms with E-state index in [1.54, 1.807) is 0 Å². The number of carbonyl (C=O) groups excluding carboxylic acids is 1. The monoisotopic (exact) mass is 310 g/mol. The molecule has 0 atom stereocenters. The van der Waals surface area contributed by atoms with Gasteiger partial charge in [0.05, 0.1) is 11.1 Å². The summed E-state index contributed by atoms with van der Waals surface area (Å²) in [6.45, 7) is 6.50. The molecule has 1 aliphatic carbocycles. The zero-order chi connectivity index (χ0) is 16.4. The van der Waals surface area contributed by atoms with Crippen molar-refractivity contribution in [2.24, 2.45) is 0 Å². The van der Waals surface area contributed by atoms with Crippen molar-refractivity contribution in [3.63, 3.8) is 0 Å². The van der Waals surface area contributed by atoms with E-state index >= 15 is 0 Å². The van der Waals surface area contributed by atoms with Crippen LogP contribution in [0.25, 0.3) is 10.9 Å². The van der Waals surface area contributed by atoms with Crippen molar-refractivity contribution in [2.75, 3.05) is 0 Å². The first-order chi connectivity index (χ1) is 11.1. The van der Waals surface area contributed by atoms with Crippen LogP contribution in [-0.4, -0.2) is 16.9 Å². The number of aromatic nitrogens is 1. The van der Waals surface area contributed by atoms with E-state index < -0.39 is 0 Å². The number of fused-ring (bicyclic) bond motifs is 1. The van der Waals surface area contributed by atoms with Crippen LogP contribution >= 0.6 is 0 Å². The van der Waals surface area contributed by atoms with Gasteiger partial charge in [0.2, 0.25) is 0 Å². The number of aryl methyl sites for hydroxylation is 1. The Morgan fingerprint density at radius 2 is 2.04 bits per heavy atom. The second-order valence-electron chi connectivity index (χ2n) is 6.90. The van der Waals surface area contributed by atoms with Gasteiger partial charge < -0.3 is 5.32 Å². The predicted molar refractivity (Wildman–Crippen MR) is 94.9 cm³/mol. The SMILES string of the molecule is CCc1cc(C(=O)NC2CCCC2)c2nccc(C(C)C)c2c1. The molecule has 0 unspecified atom stereocenters. The highest BCUT2D eigenvalue weighted by molar-refractivity contribution is 6.06. The van der Waals surface area contributed by atoms with Gasteiger partial charge in [0, 0.05) is 17.6 Å². The first-order valence-corrected chi connectivity index (χ1v) is 8.82. The molecule has 1 aromatic carbocycles. The Morgan fingerprint density at radius 1 is 1.30 bits per heavy atom. The maximum Gasteiger partial charge on any atom is 0.253 e. The number of hydrogen-bond donors (Lipinski definition) is 1. The largest absolute Gasteiger partial charge is 0.349 e. The molecular weight excluding hydrogens is 284 g/mol. The molecule has 0 saturated heterocycles. The molecule has 3 rings (SSSR count). The van der Waals surface area contributed by atoms with E-state index in [4.69, 9.17) is 0 Å². The van der Waals surface area contributed by atoms with Crippen LogP contribution in [0, 0.1) is 0 Å². The first-order valence-electron chi connectivity index (χ1n) is 8.82. The number of amides is 1. The fourth-order valence-electron chi connectivity index (χ4n) is 3.55. The van der Waals surface area contributed by atoms with E-state index in [0.717, 1.165) is 35.7 Å². The number of benzene rings is 1. The third kappa shape index (κ3) is 3.24. The van der Waals surface area contributed by atoms with Crippen molar-refractivity contribution in [2.45, 2.75) is 64.8 Å². The molecule has 0 spiro atoms. The standard InChI is InChI=1S/C20H26N2O/c1-4-14-11-17-16(13(2)3)9-10-21-19(17)18(12-14)20(23)22-15-7-5-6-8-15/h9-13,15H,4-8H2,1-3H3,(H,22,23). The van der Waals surface area contributed by atoms with Crippen LogP contribution in [0.3, 0.4) is 0 Å². The Morgan fingerprint density at radius 3 is 2.70 bits per heavy atom. The van der Waals surface area contributed by atoms with Crippen LogP contribution in [0.2, 0.25) is 0 Å². The van der Waals surface area contributed by atoms with Gasteiger partial charge in [-0.1, -0.05) is 33.6 Å². The van der Waals surface area contributed by atoms with E-state index in [1.807, 2.05) is 12.3 Å². The van der Waals surface area contributed by atoms with Gasteiger partial charge in [-0.2, -0.15) is 0 Å². The summed E-state index contributed by atoms with van der Waals surface area (Å²) in [7, 11) is 0. The summed E-state index contributed by atoms with van der Waals surface area (Å²) in [5, 5.41) is 4.33. The lowest BCUT2D eigenvalue weighted by atomic mass is 9.94. The van der Waals surface area contributed by atoms with Gasteiger partial charge in [-0.05, 0) is 54.5 Å². The highest BCUT2D eigenvalue weighted by Crippen LogP contribution is 2.28. The van der Waals surface area contributed by atoms with Crippen LogP contribution in [-0.2, 0) is 6.42 Å². The average molecular weight is 310 g/mol. The van der Waals surface area contributed by atoms with E-state index in [9.17, 15) is 4.79 Å². The molecule has 2 aromatic rings.